The van der Waals surface area contributed by atoms with Crippen molar-refractivity contribution >= 4 is 12.0 Å². The summed E-state index contributed by atoms with van der Waals surface area (Å²) in [4.78, 5) is 28.3. The van der Waals surface area contributed by atoms with Crippen LogP contribution in [0.5, 0.6) is 0 Å². The molecule has 0 saturated carbocycles. The van der Waals surface area contributed by atoms with Crippen LogP contribution in [-0.4, -0.2) is 52.8 Å². The lowest BCUT2D eigenvalue weighted by Gasteiger charge is -2.30. The molecule has 0 radical (unpaired) electrons. The fourth-order valence-electron chi connectivity index (χ4n) is 1.86. The number of nitrogens with zero attached hydrogens (tertiary/aromatic N) is 2. The number of carboxylic acid groups (broad SMARTS) is 1. The summed E-state index contributed by atoms with van der Waals surface area (Å²) in [6, 6.07) is -0.354. The number of hydrogen-bond acceptors (Lipinski definition) is 5. The average molecular weight is 283 g/mol. The number of nitrogens with one attached hydrogen (secondary N) is 1. The number of rotatable bonds is 3. The largest absolute Gasteiger partial charge is 0.479 e. The Morgan fingerprint density at radius 3 is 2.85 bits per heavy atom. The predicted octanol–water partition coefficient (Wildman–Crippen LogP) is 0.286. The number of aryl methyl sites for hydroxylation is 2. The van der Waals surface area contributed by atoms with Crippen molar-refractivity contribution in [2.24, 2.45) is 0 Å². The van der Waals surface area contributed by atoms with Gasteiger partial charge in [0, 0.05) is 6.54 Å². The van der Waals surface area contributed by atoms with Gasteiger partial charge in [0.15, 0.2) is 6.10 Å². The van der Waals surface area contributed by atoms with E-state index >= 15 is 0 Å². The molecule has 2 amide bonds. The first-order valence-corrected chi connectivity index (χ1v) is 6.27. The van der Waals surface area contributed by atoms with Crippen molar-refractivity contribution < 1.29 is 23.8 Å². The van der Waals surface area contributed by atoms with E-state index in [0.717, 1.165) is 5.69 Å². The van der Waals surface area contributed by atoms with E-state index in [9.17, 15) is 9.59 Å². The molecule has 0 bridgehead atoms. The minimum Gasteiger partial charge on any atom is -0.479 e. The van der Waals surface area contributed by atoms with E-state index in [1.807, 2.05) is 6.92 Å². The highest BCUT2D eigenvalue weighted by Gasteiger charge is 2.28. The number of oxazole rings is 1. The van der Waals surface area contributed by atoms with E-state index in [4.69, 9.17) is 14.3 Å². The second kappa shape index (κ2) is 5.91. The predicted molar refractivity (Wildman–Crippen MR) is 67.2 cm³/mol. The van der Waals surface area contributed by atoms with Crippen molar-refractivity contribution in [3.8, 4) is 0 Å². The Balaban J connectivity index is 1.86. The molecule has 2 rings (SSSR count). The van der Waals surface area contributed by atoms with Crippen LogP contribution in [0.3, 0.4) is 0 Å². The van der Waals surface area contributed by atoms with Crippen LogP contribution < -0.4 is 5.32 Å². The summed E-state index contributed by atoms with van der Waals surface area (Å²) in [5.74, 6) is 0.0735. The lowest BCUT2D eigenvalue weighted by molar-refractivity contribution is -0.154. The zero-order valence-electron chi connectivity index (χ0n) is 11.4. The molecule has 2 N–H and O–H groups in total. The molecule has 8 heteroatoms. The number of carbonyl (C=O) groups is 2. The molecule has 0 spiro atoms. The summed E-state index contributed by atoms with van der Waals surface area (Å²) in [7, 11) is 0. The van der Waals surface area contributed by atoms with Crippen LogP contribution in [0.2, 0.25) is 0 Å². The van der Waals surface area contributed by atoms with Gasteiger partial charge in [-0.05, 0) is 13.8 Å². The third-order valence-corrected chi connectivity index (χ3v) is 3.09. The number of ether oxygens (including phenoxy) is 1. The lowest BCUT2D eigenvalue weighted by Crippen LogP contribution is -2.51. The molecule has 2 heterocycles. The standard InChI is InChI=1S/C12H17N3O5/c1-7-8(2)20-10(14-7)5-13-12(18)15-3-4-19-9(6-15)11(16)17/h9H,3-6H2,1-2H3,(H,13,18)(H,16,17). The van der Waals surface area contributed by atoms with Crippen molar-refractivity contribution in [3.05, 3.63) is 17.3 Å². The molecule has 0 aromatic carbocycles. The molecule has 20 heavy (non-hydrogen) atoms. The summed E-state index contributed by atoms with van der Waals surface area (Å²) in [6.45, 7) is 4.39. The van der Waals surface area contributed by atoms with Crippen molar-refractivity contribution in [2.75, 3.05) is 19.7 Å². The van der Waals surface area contributed by atoms with Crippen molar-refractivity contribution in [1.29, 1.82) is 0 Å². The SMILES string of the molecule is Cc1nc(CNC(=O)N2CCOC(C(=O)O)C2)oc1C. The van der Waals surface area contributed by atoms with Crippen molar-refractivity contribution in [3.63, 3.8) is 0 Å². The molecular weight excluding hydrogens is 266 g/mol. The highest BCUT2D eigenvalue weighted by molar-refractivity contribution is 5.77. The highest BCUT2D eigenvalue weighted by atomic mass is 16.5. The molecule has 1 atom stereocenters. The highest BCUT2D eigenvalue weighted by Crippen LogP contribution is 2.09. The molecule has 110 valence electrons. The van der Waals surface area contributed by atoms with Gasteiger partial charge in [-0.1, -0.05) is 0 Å². The van der Waals surface area contributed by atoms with Gasteiger partial charge in [0.05, 0.1) is 25.4 Å². The first kappa shape index (κ1) is 14.3. The van der Waals surface area contributed by atoms with Crippen LogP contribution in [0.15, 0.2) is 4.42 Å². The van der Waals surface area contributed by atoms with Gasteiger partial charge in [0.2, 0.25) is 5.89 Å². The van der Waals surface area contributed by atoms with Crippen LogP contribution in [0.4, 0.5) is 4.79 Å². The quantitative estimate of drug-likeness (QED) is 0.826. The van der Waals surface area contributed by atoms with Crippen molar-refractivity contribution in [1.82, 2.24) is 15.2 Å². The van der Waals surface area contributed by atoms with Crippen LogP contribution in [0, 0.1) is 13.8 Å². The summed E-state index contributed by atoms with van der Waals surface area (Å²) in [6.07, 6.45) is -0.972. The number of aliphatic carboxylic acids is 1. The second-order valence-electron chi connectivity index (χ2n) is 4.55. The summed E-state index contributed by atoms with van der Waals surface area (Å²) < 4.78 is 10.4. The molecule has 0 aliphatic carbocycles. The normalized spacial score (nSPS) is 18.9. The number of hydrogen-bond donors (Lipinski definition) is 2. The van der Waals surface area contributed by atoms with E-state index in [1.165, 1.54) is 4.90 Å². The third kappa shape index (κ3) is 3.27. The van der Waals surface area contributed by atoms with Gasteiger partial charge < -0.3 is 24.5 Å². The second-order valence-corrected chi connectivity index (χ2v) is 4.55. The summed E-state index contributed by atoms with van der Waals surface area (Å²) in [5.41, 5.74) is 0.784. The topological polar surface area (TPSA) is 105 Å². The number of amides is 2. The molecule has 1 aliphatic rings. The third-order valence-electron chi connectivity index (χ3n) is 3.09. The van der Waals surface area contributed by atoms with Crippen LogP contribution in [0.25, 0.3) is 0 Å². The zero-order chi connectivity index (χ0) is 14.7. The van der Waals surface area contributed by atoms with Gasteiger partial charge >= 0.3 is 12.0 Å². The monoisotopic (exact) mass is 283 g/mol. The van der Waals surface area contributed by atoms with E-state index in [2.05, 4.69) is 10.3 Å². The van der Waals surface area contributed by atoms with Gasteiger partial charge in [-0.15, -0.1) is 0 Å². The fourth-order valence-corrected chi connectivity index (χ4v) is 1.86. The molecule has 8 nitrogen and oxygen atoms in total. The van der Waals surface area contributed by atoms with Gasteiger partial charge in [0.25, 0.3) is 0 Å². The molecule has 1 aromatic heterocycles. The van der Waals surface area contributed by atoms with Crippen LogP contribution in [0.1, 0.15) is 17.3 Å². The maximum atomic E-state index is 11.9. The van der Waals surface area contributed by atoms with E-state index in [-0.39, 0.29) is 25.7 Å². The Labute approximate surface area is 115 Å². The zero-order valence-corrected chi connectivity index (χ0v) is 11.4. The maximum absolute atomic E-state index is 11.9. The fraction of sp³-hybridized carbons (Fsp3) is 0.583. The smallest absolute Gasteiger partial charge is 0.334 e. The Morgan fingerprint density at radius 2 is 2.25 bits per heavy atom. The number of morpholine rings is 1. The van der Waals surface area contributed by atoms with Gasteiger partial charge in [-0.25, -0.2) is 14.6 Å². The van der Waals surface area contributed by atoms with Gasteiger partial charge in [0.1, 0.15) is 5.76 Å². The Kier molecular flexibility index (Phi) is 4.23. The van der Waals surface area contributed by atoms with Gasteiger partial charge in [-0.2, -0.15) is 0 Å². The number of carbonyl (C=O) groups excluding carboxylic acids is 1. The Hall–Kier alpha value is -2.09. The van der Waals surface area contributed by atoms with E-state index in [1.54, 1.807) is 6.92 Å². The molecule has 1 aliphatic heterocycles. The first-order valence-electron chi connectivity index (χ1n) is 6.27. The van der Waals surface area contributed by atoms with Crippen molar-refractivity contribution in [2.45, 2.75) is 26.5 Å². The van der Waals surface area contributed by atoms with E-state index in [0.29, 0.717) is 18.2 Å². The Bertz CT molecular complexity index is 494. The minimum atomic E-state index is -1.07. The number of urea groups is 1. The summed E-state index contributed by atoms with van der Waals surface area (Å²) in [5, 5.41) is 11.5. The average Bonchev–Trinajstić information content (AvgIpc) is 2.75. The number of carboxylic acids is 1. The Morgan fingerprint density at radius 1 is 1.50 bits per heavy atom. The number of aromatic nitrogens is 1. The van der Waals surface area contributed by atoms with Crippen LogP contribution >= 0.6 is 0 Å². The molecule has 1 fully saturated rings. The lowest BCUT2D eigenvalue weighted by atomic mass is 10.3. The van der Waals surface area contributed by atoms with E-state index < -0.39 is 12.1 Å². The minimum absolute atomic E-state index is 0.0325. The molecule has 1 saturated heterocycles. The summed E-state index contributed by atoms with van der Waals surface area (Å²) >= 11 is 0. The molecule has 1 unspecified atom stereocenters. The maximum Gasteiger partial charge on any atom is 0.334 e. The van der Waals surface area contributed by atoms with Gasteiger partial charge in [-0.3, -0.25) is 0 Å². The van der Waals surface area contributed by atoms with Crippen LogP contribution in [-0.2, 0) is 16.1 Å². The molecular formula is C12H17N3O5. The molecule has 1 aromatic rings. The first-order chi connectivity index (χ1) is 9.47.